The number of nitrogen functional groups attached to an aromatic ring is 1. The van der Waals surface area contributed by atoms with Crippen LogP contribution >= 0.6 is 23.2 Å². The van der Waals surface area contributed by atoms with Crippen LogP contribution in [-0.2, 0) is 0 Å². The van der Waals surface area contributed by atoms with Crippen LogP contribution in [0.15, 0.2) is 12.1 Å². The number of anilines is 1. The summed E-state index contributed by atoms with van der Waals surface area (Å²) in [5, 5.41) is 0.597. The first-order valence-corrected chi connectivity index (χ1v) is 6.69. The fourth-order valence-electron chi connectivity index (χ4n) is 1.73. The molecule has 0 heterocycles. The number of hydrogen-bond donors (Lipinski definition) is 1. The van der Waals surface area contributed by atoms with E-state index < -0.39 is 0 Å². The van der Waals surface area contributed by atoms with Crippen LogP contribution in [0.2, 0.25) is 10.0 Å². The molecule has 0 saturated carbocycles. The molecule has 0 bridgehead atoms. The fourth-order valence-corrected chi connectivity index (χ4v) is 2.07. The molecule has 100 valence electrons. The molecule has 0 saturated heterocycles. The molecule has 2 N–H and O–H groups in total. The minimum Gasteiger partial charge on any atom is -0.397 e. The molecular formula is C13H18Cl2N2O. The Kier molecular flexibility index (Phi) is 5.29. The van der Waals surface area contributed by atoms with Crippen molar-refractivity contribution in [2.24, 2.45) is 0 Å². The Hall–Kier alpha value is -0.930. The second kappa shape index (κ2) is 6.30. The van der Waals surface area contributed by atoms with E-state index in [0.717, 1.165) is 6.42 Å². The summed E-state index contributed by atoms with van der Waals surface area (Å²) < 4.78 is 0. The molecule has 0 spiro atoms. The van der Waals surface area contributed by atoms with Gasteiger partial charge in [-0.1, -0.05) is 30.1 Å². The van der Waals surface area contributed by atoms with Crippen molar-refractivity contribution < 1.29 is 4.79 Å². The van der Waals surface area contributed by atoms with E-state index in [1.54, 1.807) is 17.0 Å². The summed E-state index contributed by atoms with van der Waals surface area (Å²) in [5.41, 5.74) is 6.52. The lowest BCUT2D eigenvalue weighted by molar-refractivity contribution is 0.0706. The monoisotopic (exact) mass is 288 g/mol. The van der Waals surface area contributed by atoms with Crippen molar-refractivity contribution in [3.05, 3.63) is 27.7 Å². The SMILES string of the molecule is CCCN(C(=O)c1cc(N)c(Cl)c(Cl)c1)C(C)C. The first kappa shape index (κ1) is 15.1. The van der Waals surface area contributed by atoms with Gasteiger partial charge < -0.3 is 10.6 Å². The van der Waals surface area contributed by atoms with E-state index in [9.17, 15) is 4.79 Å². The van der Waals surface area contributed by atoms with Crippen molar-refractivity contribution in [2.45, 2.75) is 33.2 Å². The van der Waals surface area contributed by atoms with Gasteiger partial charge in [0, 0.05) is 18.2 Å². The molecule has 0 aliphatic heterocycles. The van der Waals surface area contributed by atoms with Crippen molar-refractivity contribution in [1.82, 2.24) is 4.90 Å². The number of rotatable bonds is 4. The molecule has 0 aromatic heterocycles. The number of hydrogen-bond acceptors (Lipinski definition) is 2. The molecule has 1 amide bonds. The quantitative estimate of drug-likeness (QED) is 0.856. The lowest BCUT2D eigenvalue weighted by Crippen LogP contribution is -2.37. The highest BCUT2D eigenvalue weighted by molar-refractivity contribution is 6.43. The molecule has 0 atom stereocenters. The Morgan fingerprint density at radius 3 is 2.44 bits per heavy atom. The highest BCUT2D eigenvalue weighted by atomic mass is 35.5. The molecule has 18 heavy (non-hydrogen) atoms. The van der Waals surface area contributed by atoms with Gasteiger partial charge in [-0.3, -0.25) is 4.79 Å². The van der Waals surface area contributed by atoms with Crippen LogP contribution < -0.4 is 5.73 Å². The minimum atomic E-state index is -0.0721. The van der Waals surface area contributed by atoms with E-state index in [0.29, 0.717) is 27.8 Å². The van der Waals surface area contributed by atoms with E-state index in [4.69, 9.17) is 28.9 Å². The van der Waals surface area contributed by atoms with Gasteiger partial charge in [0.05, 0.1) is 15.7 Å². The van der Waals surface area contributed by atoms with Crippen molar-refractivity contribution in [2.75, 3.05) is 12.3 Å². The predicted octanol–water partition coefficient (Wildman–Crippen LogP) is 3.84. The number of benzene rings is 1. The zero-order chi connectivity index (χ0) is 13.9. The highest BCUT2D eigenvalue weighted by Crippen LogP contribution is 2.30. The van der Waals surface area contributed by atoms with Gasteiger partial charge in [0.15, 0.2) is 0 Å². The topological polar surface area (TPSA) is 46.3 Å². The van der Waals surface area contributed by atoms with Crippen LogP contribution in [0.25, 0.3) is 0 Å². The van der Waals surface area contributed by atoms with E-state index in [1.807, 2.05) is 20.8 Å². The van der Waals surface area contributed by atoms with Gasteiger partial charge in [-0.25, -0.2) is 0 Å². The summed E-state index contributed by atoms with van der Waals surface area (Å²) >= 11 is 11.8. The van der Waals surface area contributed by atoms with Crippen LogP contribution in [0, 0.1) is 0 Å². The number of carbonyl (C=O) groups excluding carboxylic acids is 1. The Balaban J connectivity index is 3.09. The largest absolute Gasteiger partial charge is 0.397 e. The lowest BCUT2D eigenvalue weighted by Gasteiger charge is -2.26. The highest BCUT2D eigenvalue weighted by Gasteiger charge is 2.19. The number of carbonyl (C=O) groups is 1. The third-order valence-electron chi connectivity index (χ3n) is 2.65. The van der Waals surface area contributed by atoms with Gasteiger partial charge >= 0.3 is 0 Å². The maximum atomic E-state index is 12.4. The fraction of sp³-hybridized carbons (Fsp3) is 0.462. The van der Waals surface area contributed by atoms with Crippen LogP contribution in [0.5, 0.6) is 0 Å². The van der Waals surface area contributed by atoms with Crippen molar-refractivity contribution in [3.63, 3.8) is 0 Å². The van der Waals surface area contributed by atoms with Gasteiger partial charge in [0.1, 0.15) is 0 Å². The molecule has 0 aliphatic carbocycles. The second-order valence-corrected chi connectivity index (χ2v) is 5.24. The third kappa shape index (κ3) is 3.30. The standard InChI is InChI=1S/C13H18Cl2N2O/c1-4-5-17(8(2)3)13(18)9-6-10(14)12(15)11(16)7-9/h6-8H,4-5,16H2,1-3H3. The molecule has 0 radical (unpaired) electrons. The van der Waals surface area contributed by atoms with Gasteiger partial charge in [0.2, 0.25) is 0 Å². The molecule has 3 nitrogen and oxygen atoms in total. The maximum absolute atomic E-state index is 12.4. The minimum absolute atomic E-state index is 0.0721. The third-order valence-corrected chi connectivity index (χ3v) is 3.47. The normalized spacial score (nSPS) is 10.8. The van der Waals surface area contributed by atoms with Crippen molar-refractivity contribution in [1.29, 1.82) is 0 Å². The Morgan fingerprint density at radius 1 is 1.39 bits per heavy atom. The average Bonchev–Trinajstić information content (AvgIpc) is 2.31. The average molecular weight is 289 g/mol. The summed E-state index contributed by atoms with van der Waals surface area (Å²) in [6, 6.07) is 3.27. The zero-order valence-corrected chi connectivity index (χ0v) is 12.3. The lowest BCUT2D eigenvalue weighted by atomic mass is 10.1. The summed E-state index contributed by atoms with van der Waals surface area (Å²) in [6.45, 7) is 6.70. The van der Waals surface area contributed by atoms with Crippen LogP contribution in [0.3, 0.4) is 0 Å². The van der Waals surface area contributed by atoms with E-state index in [2.05, 4.69) is 0 Å². The number of nitrogens with two attached hydrogens (primary N) is 1. The van der Waals surface area contributed by atoms with Gasteiger partial charge in [0.25, 0.3) is 5.91 Å². The smallest absolute Gasteiger partial charge is 0.254 e. The first-order chi connectivity index (χ1) is 8.38. The molecule has 1 aromatic rings. The van der Waals surface area contributed by atoms with Gasteiger partial charge in [-0.15, -0.1) is 0 Å². The molecule has 5 heteroatoms. The number of nitrogens with zero attached hydrogens (tertiary/aromatic N) is 1. The molecule has 1 rings (SSSR count). The Morgan fingerprint density at radius 2 is 2.00 bits per heavy atom. The van der Waals surface area contributed by atoms with E-state index in [-0.39, 0.29) is 11.9 Å². The molecule has 0 fully saturated rings. The number of halogens is 2. The Bertz CT molecular complexity index is 424. The van der Waals surface area contributed by atoms with Gasteiger partial charge in [-0.05, 0) is 32.4 Å². The molecule has 1 aromatic carbocycles. The summed E-state index contributed by atoms with van der Waals surface area (Å²) in [6.07, 6.45) is 0.903. The van der Waals surface area contributed by atoms with Gasteiger partial charge in [-0.2, -0.15) is 0 Å². The van der Waals surface area contributed by atoms with Crippen molar-refractivity contribution in [3.8, 4) is 0 Å². The molecule has 0 aliphatic rings. The number of amides is 1. The summed E-state index contributed by atoms with van der Waals surface area (Å²) in [5.74, 6) is -0.0721. The summed E-state index contributed by atoms with van der Waals surface area (Å²) in [4.78, 5) is 14.2. The van der Waals surface area contributed by atoms with E-state index in [1.165, 1.54) is 0 Å². The van der Waals surface area contributed by atoms with Crippen molar-refractivity contribution >= 4 is 34.8 Å². The first-order valence-electron chi connectivity index (χ1n) is 5.94. The Labute approximate surface area is 118 Å². The van der Waals surface area contributed by atoms with Crippen LogP contribution in [0.4, 0.5) is 5.69 Å². The molecular weight excluding hydrogens is 271 g/mol. The van der Waals surface area contributed by atoms with Crippen LogP contribution in [-0.4, -0.2) is 23.4 Å². The predicted molar refractivity (Wildman–Crippen MR) is 77.3 cm³/mol. The molecule has 0 unspecified atom stereocenters. The van der Waals surface area contributed by atoms with E-state index >= 15 is 0 Å². The van der Waals surface area contributed by atoms with Crippen LogP contribution in [0.1, 0.15) is 37.6 Å². The summed E-state index contributed by atoms with van der Waals surface area (Å²) in [7, 11) is 0. The second-order valence-electron chi connectivity index (χ2n) is 4.45. The zero-order valence-electron chi connectivity index (χ0n) is 10.8. The maximum Gasteiger partial charge on any atom is 0.254 e.